The molecule has 40 heavy (non-hydrogen) atoms. The third kappa shape index (κ3) is 5.59. The van der Waals surface area contributed by atoms with E-state index in [9.17, 15) is 0 Å². The summed E-state index contributed by atoms with van der Waals surface area (Å²) in [4.78, 5) is 0. The van der Waals surface area contributed by atoms with E-state index in [1.54, 1.807) is 0 Å². The Morgan fingerprint density at radius 1 is 0.500 bits per heavy atom. The van der Waals surface area contributed by atoms with Crippen LogP contribution < -0.4 is 9.99 Å². The van der Waals surface area contributed by atoms with Gasteiger partial charge >= 0.3 is 0 Å². The highest BCUT2D eigenvalue weighted by molar-refractivity contribution is 6.07. The molecule has 1 N–H and O–H groups in total. The number of nitrogens with zero attached hydrogens (tertiary/aromatic N) is 2. The molecule has 0 saturated carbocycles. The number of hydrogen-bond acceptors (Lipinski definition) is 1. The van der Waals surface area contributed by atoms with Crippen LogP contribution in [-0.2, 0) is 0 Å². The Morgan fingerprint density at radius 2 is 0.950 bits per heavy atom. The molecule has 0 radical (unpaired) electrons. The van der Waals surface area contributed by atoms with Crippen molar-refractivity contribution in [1.82, 2.24) is 0 Å². The molecular formula is C37H30N3+. The summed E-state index contributed by atoms with van der Waals surface area (Å²) >= 11 is 0. The average Bonchev–Trinajstić information content (AvgIpc) is 3.03. The molecule has 0 atom stereocenters. The number of aryl methyl sites for hydroxylation is 1. The highest BCUT2D eigenvalue weighted by Crippen LogP contribution is 2.29. The molecule has 1 heterocycles. The van der Waals surface area contributed by atoms with Crippen LogP contribution in [0.2, 0.25) is 0 Å². The van der Waals surface area contributed by atoms with Crippen LogP contribution in [0, 0.1) is 6.92 Å². The van der Waals surface area contributed by atoms with Crippen molar-refractivity contribution in [3.63, 3.8) is 0 Å². The van der Waals surface area contributed by atoms with Crippen LogP contribution in [0.5, 0.6) is 0 Å². The van der Waals surface area contributed by atoms with Crippen molar-refractivity contribution in [3.05, 3.63) is 169 Å². The standard InChI is InChI=1S/C37H30N3/c1-28-22-24-34(25-23-28)38-37(32-20-12-5-13-21-32)39-40-35(30-16-8-3-9-17-30)26-33(29-14-6-2-7-15-29)27-36(40)31-18-10-4-11-19-31/h2-27H,1H3,(H,38,39)/q+1. The van der Waals surface area contributed by atoms with Gasteiger partial charge in [-0.2, -0.15) is 0 Å². The van der Waals surface area contributed by atoms with E-state index < -0.39 is 0 Å². The summed E-state index contributed by atoms with van der Waals surface area (Å²) < 4.78 is 2.07. The maximum atomic E-state index is 5.36. The molecule has 0 aliphatic heterocycles. The number of aromatic nitrogens is 1. The summed E-state index contributed by atoms with van der Waals surface area (Å²) in [7, 11) is 0. The number of nitrogens with one attached hydrogen (secondary N) is 1. The highest BCUT2D eigenvalue weighted by atomic mass is 15.4. The third-order valence-corrected chi connectivity index (χ3v) is 6.85. The Kier molecular flexibility index (Phi) is 7.27. The molecule has 0 aliphatic rings. The predicted octanol–water partition coefficient (Wildman–Crippen LogP) is 8.61. The smallest absolute Gasteiger partial charge is 0.246 e. The zero-order chi connectivity index (χ0) is 27.1. The van der Waals surface area contributed by atoms with E-state index in [0.717, 1.165) is 50.7 Å². The summed E-state index contributed by atoms with van der Waals surface area (Å²) in [6.07, 6.45) is 0. The van der Waals surface area contributed by atoms with Crippen molar-refractivity contribution in [3.8, 4) is 33.6 Å². The van der Waals surface area contributed by atoms with Gasteiger partial charge in [-0.1, -0.05) is 115 Å². The zero-order valence-corrected chi connectivity index (χ0v) is 22.4. The van der Waals surface area contributed by atoms with Crippen molar-refractivity contribution >= 4 is 11.5 Å². The molecule has 0 saturated heterocycles. The van der Waals surface area contributed by atoms with Crippen molar-refractivity contribution in [1.29, 1.82) is 0 Å². The third-order valence-electron chi connectivity index (χ3n) is 6.85. The minimum absolute atomic E-state index is 0.760. The number of benzene rings is 5. The van der Waals surface area contributed by atoms with E-state index in [2.05, 4.69) is 144 Å². The van der Waals surface area contributed by atoms with E-state index in [-0.39, 0.29) is 0 Å². The van der Waals surface area contributed by atoms with Crippen LogP contribution in [0.1, 0.15) is 11.1 Å². The molecule has 0 amide bonds. The Morgan fingerprint density at radius 3 is 1.45 bits per heavy atom. The molecule has 0 bridgehead atoms. The summed E-state index contributed by atoms with van der Waals surface area (Å²) in [5.41, 5.74) is 9.67. The van der Waals surface area contributed by atoms with Gasteiger partial charge in [0, 0.05) is 39.6 Å². The second-order valence-electron chi connectivity index (χ2n) is 9.73. The number of rotatable bonds is 6. The van der Waals surface area contributed by atoms with Gasteiger partial charge in [0.05, 0.1) is 0 Å². The van der Waals surface area contributed by atoms with Crippen LogP contribution in [0.4, 0.5) is 5.69 Å². The van der Waals surface area contributed by atoms with Crippen LogP contribution in [0.3, 0.4) is 0 Å². The van der Waals surface area contributed by atoms with E-state index in [0.29, 0.717) is 0 Å². The van der Waals surface area contributed by atoms with Gasteiger partial charge in [-0.05, 0) is 59.1 Å². The molecule has 6 aromatic rings. The zero-order valence-electron chi connectivity index (χ0n) is 22.4. The van der Waals surface area contributed by atoms with E-state index in [4.69, 9.17) is 5.10 Å². The monoisotopic (exact) mass is 516 g/mol. The van der Waals surface area contributed by atoms with Gasteiger partial charge in [-0.25, -0.2) is 0 Å². The maximum absolute atomic E-state index is 5.36. The summed E-state index contributed by atoms with van der Waals surface area (Å²) in [6, 6.07) is 54.6. The normalized spacial score (nSPS) is 11.3. The first kappa shape index (κ1) is 25.0. The molecule has 3 heteroatoms. The molecule has 6 rings (SSSR count). The van der Waals surface area contributed by atoms with Crippen molar-refractivity contribution < 1.29 is 4.68 Å². The van der Waals surface area contributed by atoms with Crippen LogP contribution in [-0.4, -0.2) is 5.84 Å². The lowest BCUT2D eigenvalue weighted by atomic mass is 10.00. The largest absolute Gasteiger partial charge is 0.335 e. The van der Waals surface area contributed by atoms with Gasteiger partial charge < -0.3 is 5.32 Å². The predicted molar refractivity (Wildman–Crippen MR) is 166 cm³/mol. The van der Waals surface area contributed by atoms with Gasteiger partial charge in [-0.15, -0.1) is 0 Å². The fraction of sp³-hybridized carbons (Fsp3) is 0.0270. The molecule has 0 unspecified atom stereocenters. The van der Waals surface area contributed by atoms with Crippen LogP contribution in [0.25, 0.3) is 33.6 Å². The van der Waals surface area contributed by atoms with Crippen LogP contribution >= 0.6 is 0 Å². The Bertz CT molecular complexity index is 1670. The van der Waals surface area contributed by atoms with Crippen molar-refractivity contribution in [2.24, 2.45) is 5.10 Å². The quantitative estimate of drug-likeness (QED) is 0.134. The molecule has 5 aromatic carbocycles. The first-order chi connectivity index (χ1) is 19.7. The maximum Gasteiger partial charge on any atom is 0.246 e. The van der Waals surface area contributed by atoms with Gasteiger partial charge in [-0.3, -0.25) is 0 Å². The SMILES string of the molecule is Cc1ccc(NC(=N[n+]2c(-c3ccccc3)cc(-c3ccccc3)cc2-c2ccccc2)c2ccccc2)cc1. The molecule has 0 spiro atoms. The number of pyridine rings is 1. The summed E-state index contributed by atoms with van der Waals surface area (Å²) in [5.74, 6) is 0.760. The fourth-order valence-corrected chi connectivity index (χ4v) is 4.75. The fourth-order valence-electron chi connectivity index (χ4n) is 4.75. The first-order valence-corrected chi connectivity index (χ1v) is 13.5. The van der Waals surface area contributed by atoms with Gasteiger partial charge in [0.2, 0.25) is 17.2 Å². The second-order valence-corrected chi connectivity index (χ2v) is 9.73. The van der Waals surface area contributed by atoms with E-state index in [1.165, 1.54) is 5.56 Å². The van der Waals surface area contributed by atoms with Gasteiger partial charge in [0.25, 0.3) is 0 Å². The average molecular weight is 517 g/mol. The topological polar surface area (TPSA) is 28.3 Å². The minimum atomic E-state index is 0.760. The Labute approximate surface area is 235 Å². The van der Waals surface area contributed by atoms with Crippen LogP contribution in [0.15, 0.2) is 163 Å². The minimum Gasteiger partial charge on any atom is -0.335 e. The highest BCUT2D eigenvalue weighted by Gasteiger charge is 2.25. The molecule has 192 valence electrons. The lowest BCUT2D eigenvalue weighted by Gasteiger charge is -2.12. The molecular weight excluding hydrogens is 486 g/mol. The van der Waals surface area contributed by atoms with E-state index >= 15 is 0 Å². The van der Waals surface area contributed by atoms with Crippen molar-refractivity contribution in [2.75, 3.05) is 5.32 Å². The number of anilines is 1. The molecule has 1 aromatic heterocycles. The van der Waals surface area contributed by atoms with Crippen molar-refractivity contribution in [2.45, 2.75) is 6.92 Å². The Hall–Kier alpha value is -5.28. The number of amidine groups is 1. The van der Waals surface area contributed by atoms with Gasteiger partial charge in [0.15, 0.2) is 0 Å². The summed E-state index contributed by atoms with van der Waals surface area (Å²) in [6.45, 7) is 2.10. The molecule has 3 nitrogen and oxygen atoms in total. The first-order valence-electron chi connectivity index (χ1n) is 13.5. The number of hydrogen-bond donors (Lipinski definition) is 1. The lowest BCUT2D eigenvalue weighted by Crippen LogP contribution is -2.37. The second kappa shape index (κ2) is 11.6. The molecule has 0 fully saturated rings. The Balaban J connectivity index is 1.64. The van der Waals surface area contributed by atoms with E-state index in [1.807, 2.05) is 30.3 Å². The summed E-state index contributed by atoms with van der Waals surface area (Å²) in [5, 5.41) is 8.96. The lowest BCUT2D eigenvalue weighted by molar-refractivity contribution is -0.656. The van der Waals surface area contributed by atoms with Gasteiger partial charge in [0.1, 0.15) is 0 Å². The molecule has 0 aliphatic carbocycles.